The van der Waals surface area contributed by atoms with Gasteiger partial charge in [-0.25, -0.2) is 27.9 Å². The van der Waals surface area contributed by atoms with Gasteiger partial charge >= 0.3 is 5.97 Å². The zero-order valence-electron chi connectivity index (χ0n) is 17.7. The molecule has 10 heteroatoms. The molecule has 174 valence electrons. The summed E-state index contributed by atoms with van der Waals surface area (Å²) in [5.41, 5.74) is 0.0325. The molecule has 0 saturated heterocycles. The predicted molar refractivity (Wildman–Crippen MR) is 121 cm³/mol. The number of carboxylic acids is 1. The average molecular weight is 524 g/mol. The molecule has 2 aromatic carbocycles. The lowest BCUT2D eigenvalue weighted by Crippen LogP contribution is -2.09. The Bertz CT molecular complexity index is 1140. The van der Waals surface area contributed by atoms with E-state index in [1.54, 1.807) is 0 Å². The minimum absolute atomic E-state index is 0.0554. The van der Waals surface area contributed by atoms with Crippen LogP contribution < -0.4 is 10.1 Å². The Morgan fingerprint density at radius 1 is 1.09 bits per heavy atom. The van der Waals surface area contributed by atoms with E-state index in [9.17, 15) is 23.1 Å². The highest BCUT2D eigenvalue weighted by Gasteiger charge is 2.20. The molecule has 33 heavy (non-hydrogen) atoms. The molecule has 0 radical (unpaired) electrons. The second-order valence-corrected chi connectivity index (χ2v) is 8.07. The first-order valence-corrected chi connectivity index (χ1v) is 11.0. The minimum Gasteiger partial charge on any atom is -0.493 e. The molecule has 0 aliphatic carbocycles. The van der Waals surface area contributed by atoms with Crippen LogP contribution in [0.1, 0.15) is 35.7 Å². The summed E-state index contributed by atoms with van der Waals surface area (Å²) in [5, 5.41) is 12.3. The SMILES string of the molecule is CCCCOc1cc(-c2cc(NCCc3c(F)cc(Br)cc3F)ncn2)cc(F)c1C(=O)O. The van der Waals surface area contributed by atoms with Gasteiger partial charge < -0.3 is 15.2 Å². The fourth-order valence-corrected chi connectivity index (χ4v) is 3.52. The first-order valence-electron chi connectivity index (χ1n) is 10.2. The third-order valence-electron chi connectivity index (χ3n) is 4.77. The highest BCUT2D eigenvalue weighted by Crippen LogP contribution is 2.30. The van der Waals surface area contributed by atoms with Crippen molar-refractivity contribution in [3.05, 3.63) is 69.7 Å². The van der Waals surface area contributed by atoms with Crippen LogP contribution in [0.25, 0.3) is 11.3 Å². The van der Waals surface area contributed by atoms with E-state index in [0.29, 0.717) is 28.0 Å². The van der Waals surface area contributed by atoms with Gasteiger partial charge in [0.15, 0.2) is 0 Å². The first-order chi connectivity index (χ1) is 15.8. The summed E-state index contributed by atoms with van der Waals surface area (Å²) in [6, 6.07) is 6.39. The van der Waals surface area contributed by atoms with Crippen LogP contribution in [0.5, 0.6) is 5.75 Å². The number of rotatable bonds is 10. The maximum absolute atomic E-state index is 14.6. The Morgan fingerprint density at radius 2 is 1.82 bits per heavy atom. The summed E-state index contributed by atoms with van der Waals surface area (Å²) in [6.07, 6.45) is 2.84. The lowest BCUT2D eigenvalue weighted by molar-refractivity contribution is 0.0687. The lowest BCUT2D eigenvalue weighted by Gasteiger charge is -2.12. The van der Waals surface area contributed by atoms with Gasteiger partial charge in [0.1, 0.15) is 40.9 Å². The number of aromatic carboxylic acids is 1. The minimum atomic E-state index is -1.43. The summed E-state index contributed by atoms with van der Waals surface area (Å²) >= 11 is 3.04. The van der Waals surface area contributed by atoms with Gasteiger partial charge in [-0.3, -0.25) is 0 Å². The maximum Gasteiger partial charge on any atom is 0.342 e. The molecular formula is C23H21BrF3N3O3. The van der Waals surface area contributed by atoms with Gasteiger partial charge in [-0.1, -0.05) is 29.3 Å². The van der Waals surface area contributed by atoms with Crippen molar-refractivity contribution < 1.29 is 27.8 Å². The number of hydrogen-bond acceptors (Lipinski definition) is 5. The number of aromatic nitrogens is 2. The molecule has 0 aliphatic rings. The summed E-state index contributed by atoms with van der Waals surface area (Å²) < 4.78 is 48.3. The molecular weight excluding hydrogens is 503 g/mol. The molecule has 2 N–H and O–H groups in total. The molecule has 0 fully saturated rings. The smallest absolute Gasteiger partial charge is 0.342 e. The molecule has 1 aromatic heterocycles. The molecule has 0 amide bonds. The second kappa shape index (κ2) is 11.1. The molecule has 0 aliphatic heterocycles. The van der Waals surface area contributed by atoms with E-state index in [1.165, 1.54) is 30.6 Å². The number of unbranched alkanes of at least 4 members (excludes halogenated alkanes) is 1. The molecule has 0 unspecified atom stereocenters. The van der Waals surface area contributed by atoms with Gasteiger partial charge in [0.25, 0.3) is 0 Å². The topological polar surface area (TPSA) is 84.3 Å². The van der Waals surface area contributed by atoms with E-state index < -0.39 is 29.0 Å². The largest absolute Gasteiger partial charge is 0.493 e. The van der Waals surface area contributed by atoms with Crippen molar-refractivity contribution in [1.29, 1.82) is 0 Å². The summed E-state index contributed by atoms with van der Waals surface area (Å²) in [4.78, 5) is 19.7. The number of nitrogens with one attached hydrogen (secondary N) is 1. The zero-order chi connectivity index (χ0) is 24.0. The van der Waals surface area contributed by atoms with Crippen LogP contribution >= 0.6 is 15.9 Å². The summed E-state index contributed by atoms with van der Waals surface area (Å²) in [6.45, 7) is 2.39. The Hall–Kier alpha value is -3.14. The highest BCUT2D eigenvalue weighted by molar-refractivity contribution is 9.10. The van der Waals surface area contributed by atoms with E-state index in [0.717, 1.165) is 12.5 Å². The molecule has 1 heterocycles. The van der Waals surface area contributed by atoms with Crippen LogP contribution in [0, 0.1) is 17.5 Å². The molecule has 3 aromatic rings. The Labute approximate surface area is 197 Å². The van der Waals surface area contributed by atoms with Crippen molar-refractivity contribution in [2.24, 2.45) is 0 Å². The number of carboxylic acid groups (broad SMARTS) is 1. The molecule has 0 spiro atoms. The van der Waals surface area contributed by atoms with Crippen molar-refractivity contribution in [3.8, 4) is 17.0 Å². The summed E-state index contributed by atoms with van der Waals surface area (Å²) in [5.74, 6) is -3.41. The Kier molecular flexibility index (Phi) is 8.26. The average Bonchev–Trinajstić information content (AvgIpc) is 2.75. The van der Waals surface area contributed by atoms with Crippen molar-refractivity contribution in [2.45, 2.75) is 26.2 Å². The Balaban J connectivity index is 1.79. The number of anilines is 1. The first kappa shape index (κ1) is 24.5. The van der Waals surface area contributed by atoms with Crippen LogP contribution in [-0.2, 0) is 6.42 Å². The summed E-state index contributed by atoms with van der Waals surface area (Å²) in [7, 11) is 0. The van der Waals surface area contributed by atoms with Crippen LogP contribution in [0.3, 0.4) is 0 Å². The third kappa shape index (κ3) is 6.22. The second-order valence-electron chi connectivity index (χ2n) is 7.15. The predicted octanol–water partition coefficient (Wildman–Crippen LogP) is 5.86. The number of benzene rings is 2. The third-order valence-corrected chi connectivity index (χ3v) is 5.23. The molecule has 0 bridgehead atoms. The van der Waals surface area contributed by atoms with Crippen LogP contribution in [0.2, 0.25) is 0 Å². The molecule has 0 atom stereocenters. The van der Waals surface area contributed by atoms with Crippen molar-refractivity contribution >= 4 is 27.7 Å². The van der Waals surface area contributed by atoms with Crippen LogP contribution in [0.15, 0.2) is 41.1 Å². The quantitative estimate of drug-likeness (QED) is 0.324. The van der Waals surface area contributed by atoms with Crippen LogP contribution in [-0.4, -0.2) is 34.2 Å². The van der Waals surface area contributed by atoms with E-state index >= 15 is 0 Å². The lowest BCUT2D eigenvalue weighted by atomic mass is 10.1. The zero-order valence-corrected chi connectivity index (χ0v) is 19.3. The van der Waals surface area contributed by atoms with Gasteiger partial charge in [0, 0.05) is 28.2 Å². The maximum atomic E-state index is 14.6. The number of ether oxygens (including phenoxy) is 1. The fraction of sp³-hybridized carbons (Fsp3) is 0.261. The Morgan fingerprint density at radius 3 is 2.48 bits per heavy atom. The highest BCUT2D eigenvalue weighted by atomic mass is 79.9. The van der Waals surface area contributed by atoms with E-state index in [4.69, 9.17) is 4.74 Å². The van der Waals surface area contributed by atoms with Gasteiger partial charge in [-0.05, 0) is 37.1 Å². The van der Waals surface area contributed by atoms with E-state index in [1.807, 2.05) is 6.92 Å². The normalized spacial score (nSPS) is 10.8. The van der Waals surface area contributed by atoms with Gasteiger partial charge in [0.05, 0.1) is 12.3 Å². The number of nitrogens with zero attached hydrogens (tertiary/aromatic N) is 2. The van der Waals surface area contributed by atoms with Gasteiger partial charge in [0.2, 0.25) is 0 Å². The van der Waals surface area contributed by atoms with Crippen molar-refractivity contribution in [1.82, 2.24) is 9.97 Å². The number of halogens is 4. The van der Waals surface area contributed by atoms with Gasteiger partial charge in [-0.15, -0.1) is 0 Å². The molecule has 3 rings (SSSR count). The van der Waals surface area contributed by atoms with Crippen LogP contribution in [0.4, 0.5) is 19.0 Å². The van der Waals surface area contributed by atoms with Gasteiger partial charge in [-0.2, -0.15) is 0 Å². The van der Waals surface area contributed by atoms with E-state index in [2.05, 4.69) is 31.2 Å². The standard InChI is InChI=1S/C23H21BrF3N3O3/c1-2-3-6-33-20-8-13(7-18(27)22(20)23(31)32)19-11-21(30-12-29-19)28-5-4-15-16(25)9-14(24)10-17(15)26/h7-12H,2-6H2,1H3,(H,31,32)(H,28,29,30). The molecule has 6 nitrogen and oxygen atoms in total. The number of hydrogen-bond donors (Lipinski definition) is 2. The fourth-order valence-electron chi connectivity index (χ4n) is 3.12. The number of carbonyl (C=O) groups is 1. The monoisotopic (exact) mass is 523 g/mol. The van der Waals surface area contributed by atoms with E-state index in [-0.39, 0.29) is 30.9 Å². The molecule has 0 saturated carbocycles. The van der Waals surface area contributed by atoms with Crippen molar-refractivity contribution in [2.75, 3.05) is 18.5 Å². The van der Waals surface area contributed by atoms with Crippen molar-refractivity contribution in [3.63, 3.8) is 0 Å².